The Morgan fingerprint density at radius 2 is 2.33 bits per heavy atom. The molecule has 4 heteroatoms. The van der Waals surface area contributed by atoms with Crippen LogP contribution in [0, 0.1) is 0 Å². The molecule has 0 fully saturated rings. The van der Waals surface area contributed by atoms with Gasteiger partial charge in [-0.25, -0.2) is 4.98 Å². The van der Waals surface area contributed by atoms with Crippen LogP contribution in [0.1, 0.15) is 5.69 Å². The van der Waals surface area contributed by atoms with Gasteiger partial charge in [-0.2, -0.15) is 0 Å². The highest BCUT2D eigenvalue weighted by Gasteiger charge is 2.06. The van der Waals surface area contributed by atoms with Gasteiger partial charge in [0, 0.05) is 12.7 Å². The quantitative estimate of drug-likeness (QED) is 0.724. The largest absolute Gasteiger partial charge is 0.325 e. The lowest BCUT2D eigenvalue weighted by Gasteiger charge is -1.96. The van der Waals surface area contributed by atoms with E-state index in [4.69, 9.17) is 17.3 Å². The van der Waals surface area contributed by atoms with E-state index >= 15 is 0 Å². The fraction of sp³-hybridized carbons (Fsp3) is 0.125. The Kier molecular flexibility index (Phi) is 1.75. The molecule has 0 atom stereocenters. The molecule has 2 N–H and O–H groups in total. The van der Waals surface area contributed by atoms with Crippen molar-refractivity contribution in [1.82, 2.24) is 9.38 Å². The smallest absolute Gasteiger partial charge is 0.152 e. The minimum Gasteiger partial charge on any atom is -0.325 e. The number of pyridine rings is 1. The maximum absolute atomic E-state index is 5.86. The molecule has 2 aromatic heterocycles. The van der Waals surface area contributed by atoms with Crippen LogP contribution in [0.25, 0.3) is 5.65 Å². The van der Waals surface area contributed by atoms with E-state index in [2.05, 4.69) is 4.98 Å². The van der Waals surface area contributed by atoms with Crippen LogP contribution in [0.4, 0.5) is 0 Å². The maximum Gasteiger partial charge on any atom is 0.152 e. The zero-order valence-corrected chi connectivity index (χ0v) is 7.12. The van der Waals surface area contributed by atoms with Crippen LogP contribution < -0.4 is 5.73 Å². The molecular weight excluding hydrogens is 174 g/mol. The molecule has 2 rings (SSSR count). The second-order valence-corrected chi connectivity index (χ2v) is 2.84. The molecule has 0 saturated carbocycles. The average Bonchev–Trinajstić information content (AvgIpc) is 2.40. The van der Waals surface area contributed by atoms with Crippen molar-refractivity contribution < 1.29 is 0 Å². The summed E-state index contributed by atoms with van der Waals surface area (Å²) in [6.07, 6.45) is 1.90. The lowest BCUT2D eigenvalue weighted by atomic mass is 10.4. The first-order chi connectivity index (χ1) is 5.83. The summed E-state index contributed by atoms with van der Waals surface area (Å²) in [5.74, 6) is 0. The third-order valence-electron chi connectivity index (χ3n) is 1.77. The molecule has 0 spiro atoms. The zero-order valence-electron chi connectivity index (χ0n) is 6.37. The summed E-state index contributed by atoms with van der Waals surface area (Å²) in [4.78, 5) is 4.13. The van der Waals surface area contributed by atoms with Gasteiger partial charge in [-0.1, -0.05) is 17.7 Å². The monoisotopic (exact) mass is 181 g/mol. The van der Waals surface area contributed by atoms with Crippen molar-refractivity contribution in [3.63, 3.8) is 0 Å². The molecule has 0 radical (unpaired) electrons. The number of halogens is 1. The molecule has 0 aliphatic carbocycles. The van der Waals surface area contributed by atoms with Gasteiger partial charge in [0.05, 0.1) is 5.69 Å². The van der Waals surface area contributed by atoms with Crippen LogP contribution in [0.15, 0.2) is 24.4 Å². The van der Waals surface area contributed by atoms with Gasteiger partial charge in [0.15, 0.2) is 5.15 Å². The fourth-order valence-electron chi connectivity index (χ4n) is 1.20. The van der Waals surface area contributed by atoms with Crippen molar-refractivity contribution >= 4 is 17.2 Å². The number of nitrogens with zero attached hydrogens (tertiary/aromatic N) is 2. The highest BCUT2D eigenvalue weighted by atomic mass is 35.5. The van der Waals surface area contributed by atoms with Crippen LogP contribution in [0.5, 0.6) is 0 Å². The van der Waals surface area contributed by atoms with E-state index in [9.17, 15) is 0 Å². The van der Waals surface area contributed by atoms with E-state index < -0.39 is 0 Å². The number of rotatable bonds is 1. The predicted molar refractivity (Wildman–Crippen MR) is 48.1 cm³/mol. The van der Waals surface area contributed by atoms with Crippen LogP contribution >= 0.6 is 11.6 Å². The SMILES string of the molecule is NCc1c(Cl)nc2ccccn12. The Morgan fingerprint density at radius 1 is 1.50 bits per heavy atom. The number of hydrogen-bond donors (Lipinski definition) is 1. The first kappa shape index (κ1) is 7.58. The Balaban J connectivity index is 2.81. The van der Waals surface area contributed by atoms with E-state index in [0.29, 0.717) is 11.7 Å². The molecule has 0 saturated heterocycles. The summed E-state index contributed by atoms with van der Waals surface area (Å²) in [6.45, 7) is 0.407. The molecule has 2 aromatic rings. The van der Waals surface area contributed by atoms with Gasteiger partial charge in [0.25, 0.3) is 0 Å². The van der Waals surface area contributed by atoms with Gasteiger partial charge in [-0.3, -0.25) is 0 Å². The molecule has 0 amide bonds. The van der Waals surface area contributed by atoms with E-state index in [0.717, 1.165) is 11.3 Å². The summed E-state index contributed by atoms with van der Waals surface area (Å²) < 4.78 is 1.89. The van der Waals surface area contributed by atoms with Gasteiger partial charge in [0.2, 0.25) is 0 Å². The van der Waals surface area contributed by atoms with Crippen molar-refractivity contribution in [3.8, 4) is 0 Å². The molecule has 62 valence electrons. The molecule has 0 unspecified atom stereocenters. The van der Waals surface area contributed by atoms with E-state index in [1.54, 1.807) is 0 Å². The molecule has 0 aliphatic heterocycles. The normalized spacial score (nSPS) is 10.8. The van der Waals surface area contributed by atoms with Crippen molar-refractivity contribution in [1.29, 1.82) is 0 Å². The summed E-state index contributed by atoms with van der Waals surface area (Å²) in [7, 11) is 0. The van der Waals surface area contributed by atoms with Gasteiger partial charge in [-0.15, -0.1) is 0 Å². The predicted octanol–water partition coefficient (Wildman–Crippen LogP) is 1.45. The van der Waals surface area contributed by atoms with Crippen molar-refractivity contribution in [2.24, 2.45) is 5.73 Å². The Labute approximate surface area is 74.8 Å². The summed E-state index contributed by atoms with van der Waals surface area (Å²) >= 11 is 5.86. The van der Waals surface area contributed by atoms with Gasteiger partial charge >= 0.3 is 0 Å². The summed E-state index contributed by atoms with van der Waals surface area (Å²) in [6, 6.07) is 5.73. The maximum atomic E-state index is 5.86. The molecule has 0 aliphatic rings. The third kappa shape index (κ3) is 0.983. The van der Waals surface area contributed by atoms with Gasteiger partial charge in [0.1, 0.15) is 5.65 Å². The molecular formula is C8H8ClN3. The first-order valence-electron chi connectivity index (χ1n) is 3.64. The number of nitrogens with two attached hydrogens (primary N) is 1. The number of fused-ring (bicyclic) bond motifs is 1. The number of hydrogen-bond acceptors (Lipinski definition) is 2. The van der Waals surface area contributed by atoms with Crippen LogP contribution in [0.2, 0.25) is 5.15 Å². The molecule has 2 heterocycles. The fourth-order valence-corrected chi connectivity index (χ4v) is 1.46. The van der Waals surface area contributed by atoms with Crippen molar-refractivity contribution in [2.45, 2.75) is 6.54 Å². The van der Waals surface area contributed by atoms with Crippen molar-refractivity contribution in [2.75, 3.05) is 0 Å². The molecule has 0 aromatic carbocycles. The zero-order chi connectivity index (χ0) is 8.55. The van der Waals surface area contributed by atoms with Gasteiger partial charge < -0.3 is 10.1 Å². The topological polar surface area (TPSA) is 43.3 Å². The second kappa shape index (κ2) is 2.77. The minimum atomic E-state index is 0.407. The van der Waals surface area contributed by atoms with Crippen LogP contribution in [-0.2, 0) is 6.54 Å². The lowest BCUT2D eigenvalue weighted by Crippen LogP contribution is -2.00. The Morgan fingerprint density at radius 3 is 3.08 bits per heavy atom. The van der Waals surface area contributed by atoms with E-state index in [1.807, 2.05) is 28.8 Å². The Hall–Kier alpha value is -1.06. The molecule has 0 bridgehead atoms. The molecule has 3 nitrogen and oxygen atoms in total. The van der Waals surface area contributed by atoms with E-state index in [1.165, 1.54) is 0 Å². The summed E-state index contributed by atoms with van der Waals surface area (Å²) in [5, 5.41) is 0.490. The van der Waals surface area contributed by atoms with Crippen molar-refractivity contribution in [3.05, 3.63) is 35.2 Å². The second-order valence-electron chi connectivity index (χ2n) is 2.48. The van der Waals surface area contributed by atoms with E-state index in [-0.39, 0.29) is 0 Å². The lowest BCUT2D eigenvalue weighted by molar-refractivity contribution is 0.960. The highest BCUT2D eigenvalue weighted by Crippen LogP contribution is 2.16. The minimum absolute atomic E-state index is 0.407. The number of imidazole rings is 1. The first-order valence-corrected chi connectivity index (χ1v) is 4.02. The Bertz CT molecular complexity index is 408. The van der Waals surface area contributed by atoms with Gasteiger partial charge in [-0.05, 0) is 12.1 Å². The van der Waals surface area contributed by atoms with Crippen LogP contribution in [-0.4, -0.2) is 9.38 Å². The number of aromatic nitrogens is 2. The average molecular weight is 182 g/mol. The highest BCUT2D eigenvalue weighted by molar-refractivity contribution is 6.30. The molecule has 12 heavy (non-hydrogen) atoms. The third-order valence-corrected chi connectivity index (χ3v) is 2.08. The summed E-state index contributed by atoms with van der Waals surface area (Å²) in [5.41, 5.74) is 7.21. The standard InChI is InChI=1S/C8H8ClN3/c9-8-6(5-10)12-4-2-1-3-7(12)11-8/h1-4H,5,10H2. The van der Waals surface area contributed by atoms with Crippen LogP contribution in [0.3, 0.4) is 0 Å².